The normalized spacial score (nSPS) is 18.8. The number of rotatable bonds is 4. The highest BCUT2D eigenvalue weighted by Gasteiger charge is 2.48. The highest BCUT2D eigenvalue weighted by molar-refractivity contribution is 6.44. The molecule has 1 aromatic carbocycles. The highest BCUT2D eigenvalue weighted by atomic mass is 16.4. The van der Waals surface area contributed by atoms with Crippen LogP contribution in [-0.4, -0.2) is 43.9 Å². The predicted octanol–water partition coefficient (Wildman–Crippen LogP) is 2.36. The molecule has 4 amide bonds. The molecule has 0 radical (unpaired) electrons. The van der Waals surface area contributed by atoms with E-state index in [1.54, 1.807) is 0 Å². The lowest BCUT2D eigenvalue weighted by Gasteiger charge is -2.28. The summed E-state index contributed by atoms with van der Waals surface area (Å²) in [6, 6.07) is 8.40. The Morgan fingerprint density at radius 3 is 2.42 bits per heavy atom. The number of nitrogens with zero attached hydrogens (tertiary/aromatic N) is 4. The Morgan fingerprint density at radius 1 is 0.962 bits per heavy atom. The zero-order valence-corrected chi connectivity index (χ0v) is 14.1. The van der Waals surface area contributed by atoms with Crippen LogP contribution in [0.2, 0.25) is 0 Å². The van der Waals surface area contributed by atoms with Crippen molar-refractivity contribution >= 4 is 17.8 Å². The Bertz CT molecular complexity index is 842. The Hall–Kier alpha value is -3.03. The summed E-state index contributed by atoms with van der Waals surface area (Å²) >= 11 is 0. The first-order valence-corrected chi connectivity index (χ1v) is 8.72. The van der Waals surface area contributed by atoms with E-state index in [2.05, 4.69) is 10.2 Å². The van der Waals surface area contributed by atoms with Gasteiger partial charge in [0.15, 0.2) is 0 Å². The molecule has 1 aromatic heterocycles. The molecule has 4 rings (SSSR count). The summed E-state index contributed by atoms with van der Waals surface area (Å²) in [5.74, 6) is -1.18. The maximum Gasteiger partial charge on any atom is 0.334 e. The van der Waals surface area contributed by atoms with Crippen molar-refractivity contribution in [1.29, 1.82) is 0 Å². The van der Waals surface area contributed by atoms with Crippen LogP contribution in [0.1, 0.15) is 38.0 Å². The molecule has 1 aliphatic carbocycles. The fourth-order valence-electron chi connectivity index (χ4n) is 3.47. The van der Waals surface area contributed by atoms with Gasteiger partial charge in [0, 0.05) is 11.6 Å². The van der Waals surface area contributed by atoms with E-state index in [1.807, 2.05) is 30.3 Å². The van der Waals surface area contributed by atoms with Crippen molar-refractivity contribution in [1.82, 2.24) is 20.0 Å². The van der Waals surface area contributed by atoms with Crippen LogP contribution < -0.4 is 0 Å². The van der Waals surface area contributed by atoms with Crippen LogP contribution in [0, 0.1) is 0 Å². The van der Waals surface area contributed by atoms with Crippen LogP contribution >= 0.6 is 0 Å². The summed E-state index contributed by atoms with van der Waals surface area (Å²) in [6.45, 7) is -0.202. The molecule has 2 fully saturated rings. The molecule has 0 bridgehead atoms. The van der Waals surface area contributed by atoms with Crippen molar-refractivity contribution in [2.75, 3.05) is 0 Å². The van der Waals surface area contributed by atoms with E-state index in [4.69, 9.17) is 4.42 Å². The van der Waals surface area contributed by atoms with Crippen LogP contribution in [-0.2, 0) is 16.1 Å². The number of benzene rings is 1. The SMILES string of the molecule is O=C1C(=O)N(C2CCCCC2)C(=O)N1Cc1nnc(-c2ccccc2)o1. The molecule has 0 spiro atoms. The number of carbonyl (C=O) groups is 3. The molecule has 2 heterocycles. The highest BCUT2D eigenvalue weighted by Crippen LogP contribution is 2.28. The minimum absolute atomic E-state index is 0.115. The summed E-state index contributed by atoms with van der Waals surface area (Å²) in [7, 11) is 0. The standard InChI is InChI=1S/C18H18N4O4/c23-16-17(24)22(13-9-5-2-6-10-13)18(25)21(16)11-14-19-20-15(26-14)12-7-3-1-4-8-12/h1,3-4,7-8,13H,2,5-6,9-11H2. The maximum atomic E-state index is 12.6. The van der Waals surface area contributed by atoms with Crippen molar-refractivity contribution < 1.29 is 18.8 Å². The van der Waals surface area contributed by atoms with Gasteiger partial charge in [-0.2, -0.15) is 0 Å². The second-order valence-electron chi connectivity index (χ2n) is 6.51. The van der Waals surface area contributed by atoms with Crippen molar-refractivity contribution in [2.24, 2.45) is 0 Å². The lowest BCUT2D eigenvalue weighted by molar-refractivity contribution is -0.144. The fourth-order valence-corrected chi connectivity index (χ4v) is 3.47. The molecule has 26 heavy (non-hydrogen) atoms. The van der Waals surface area contributed by atoms with Crippen LogP contribution in [0.4, 0.5) is 4.79 Å². The summed E-state index contributed by atoms with van der Waals surface area (Å²) in [4.78, 5) is 39.2. The van der Waals surface area contributed by atoms with Crippen molar-refractivity contribution in [3.05, 3.63) is 36.2 Å². The zero-order valence-electron chi connectivity index (χ0n) is 14.1. The Kier molecular flexibility index (Phi) is 4.24. The van der Waals surface area contributed by atoms with Crippen LogP contribution in [0.5, 0.6) is 0 Å². The van der Waals surface area contributed by atoms with Crippen molar-refractivity contribution in [3.8, 4) is 11.5 Å². The topological polar surface area (TPSA) is 96.6 Å². The zero-order chi connectivity index (χ0) is 18.1. The van der Waals surface area contributed by atoms with Crippen molar-refractivity contribution in [3.63, 3.8) is 0 Å². The molecule has 2 aromatic rings. The van der Waals surface area contributed by atoms with Crippen LogP contribution in [0.25, 0.3) is 11.5 Å². The van der Waals surface area contributed by atoms with Gasteiger partial charge in [0.2, 0.25) is 11.8 Å². The molecule has 0 N–H and O–H groups in total. The van der Waals surface area contributed by atoms with Crippen molar-refractivity contribution in [2.45, 2.75) is 44.7 Å². The first-order chi connectivity index (χ1) is 12.6. The lowest BCUT2D eigenvalue weighted by atomic mass is 9.94. The average Bonchev–Trinajstić information content (AvgIpc) is 3.23. The monoisotopic (exact) mass is 354 g/mol. The van der Waals surface area contributed by atoms with Gasteiger partial charge in [-0.25, -0.2) is 9.69 Å². The smallest absolute Gasteiger partial charge is 0.334 e. The third-order valence-corrected chi connectivity index (χ3v) is 4.80. The van der Waals surface area contributed by atoms with Gasteiger partial charge in [-0.05, 0) is 25.0 Å². The Labute approximate surface area is 149 Å². The van der Waals surface area contributed by atoms with Gasteiger partial charge in [0.05, 0.1) is 0 Å². The van der Waals surface area contributed by atoms with Gasteiger partial charge in [-0.3, -0.25) is 14.5 Å². The molecule has 8 heteroatoms. The van der Waals surface area contributed by atoms with Gasteiger partial charge in [0.25, 0.3) is 0 Å². The molecule has 2 aliphatic rings. The molecule has 1 saturated heterocycles. The Balaban J connectivity index is 1.51. The van der Waals surface area contributed by atoms with Gasteiger partial charge in [0.1, 0.15) is 6.54 Å². The average molecular weight is 354 g/mol. The molecule has 0 atom stereocenters. The number of amides is 4. The van der Waals surface area contributed by atoms with E-state index in [-0.39, 0.29) is 18.5 Å². The summed E-state index contributed by atoms with van der Waals surface area (Å²) in [5.41, 5.74) is 0.741. The first kappa shape index (κ1) is 16.4. The lowest BCUT2D eigenvalue weighted by Crippen LogP contribution is -2.42. The third kappa shape index (κ3) is 2.87. The number of aromatic nitrogens is 2. The minimum atomic E-state index is -0.833. The summed E-state index contributed by atoms with van der Waals surface area (Å²) in [5, 5.41) is 7.84. The largest absolute Gasteiger partial charge is 0.419 e. The first-order valence-electron chi connectivity index (χ1n) is 8.72. The molecule has 1 aliphatic heterocycles. The maximum absolute atomic E-state index is 12.6. The second-order valence-corrected chi connectivity index (χ2v) is 6.51. The Morgan fingerprint density at radius 2 is 1.69 bits per heavy atom. The van der Waals surface area contributed by atoms with E-state index >= 15 is 0 Å². The molecular weight excluding hydrogens is 336 g/mol. The number of carbonyl (C=O) groups excluding carboxylic acids is 3. The van der Waals surface area contributed by atoms with E-state index in [1.165, 1.54) is 0 Å². The van der Waals surface area contributed by atoms with E-state index in [0.29, 0.717) is 5.89 Å². The number of hydrogen-bond acceptors (Lipinski definition) is 6. The molecule has 0 unspecified atom stereocenters. The van der Waals surface area contributed by atoms with Gasteiger partial charge >= 0.3 is 17.8 Å². The van der Waals surface area contributed by atoms with E-state index in [0.717, 1.165) is 47.5 Å². The summed E-state index contributed by atoms with van der Waals surface area (Å²) in [6.07, 6.45) is 4.50. The molecular formula is C18H18N4O4. The van der Waals surface area contributed by atoms with E-state index < -0.39 is 17.8 Å². The van der Waals surface area contributed by atoms with Crippen LogP contribution in [0.3, 0.4) is 0 Å². The molecule has 134 valence electrons. The summed E-state index contributed by atoms with van der Waals surface area (Å²) < 4.78 is 5.55. The molecule has 1 saturated carbocycles. The molecule has 8 nitrogen and oxygen atoms in total. The minimum Gasteiger partial charge on any atom is -0.419 e. The third-order valence-electron chi connectivity index (χ3n) is 4.80. The number of hydrogen-bond donors (Lipinski definition) is 0. The number of urea groups is 1. The second kappa shape index (κ2) is 6.70. The van der Waals surface area contributed by atoms with E-state index in [9.17, 15) is 14.4 Å². The predicted molar refractivity (Wildman–Crippen MR) is 89.4 cm³/mol. The fraction of sp³-hybridized carbons (Fsp3) is 0.389. The number of imide groups is 2. The quantitative estimate of drug-likeness (QED) is 0.618. The van der Waals surface area contributed by atoms with Gasteiger partial charge in [-0.15, -0.1) is 10.2 Å². The van der Waals surface area contributed by atoms with Gasteiger partial charge in [-0.1, -0.05) is 37.5 Å². The van der Waals surface area contributed by atoms with Crippen LogP contribution in [0.15, 0.2) is 34.7 Å². The van der Waals surface area contributed by atoms with Gasteiger partial charge < -0.3 is 4.42 Å².